The number of benzene rings is 2. The number of carbonyl (C=O) groups excluding carboxylic acids is 1. The molecule has 1 atom stereocenters. The van der Waals surface area contributed by atoms with Gasteiger partial charge in [0.2, 0.25) is 12.2 Å². The lowest BCUT2D eigenvalue weighted by molar-refractivity contribution is 0.120. The first-order valence-electron chi connectivity index (χ1n) is 11.0. The molecule has 1 fully saturated rings. The highest BCUT2D eigenvalue weighted by molar-refractivity contribution is 6.02. The third-order valence-corrected chi connectivity index (χ3v) is 5.82. The molecular formula is C25H27N7O. The zero-order valence-corrected chi connectivity index (χ0v) is 18.8. The fraction of sp³-hybridized carbons (Fsp3) is 0.280. The summed E-state index contributed by atoms with van der Waals surface area (Å²) in [6, 6.07) is 19.0. The number of piperazine rings is 1. The van der Waals surface area contributed by atoms with E-state index in [-0.39, 0.29) is 18.0 Å². The van der Waals surface area contributed by atoms with Crippen LogP contribution < -0.4 is 10.6 Å². The molecule has 1 saturated heterocycles. The van der Waals surface area contributed by atoms with E-state index in [1.165, 1.54) is 0 Å². The number of aliphatic imine (C=N–C) groups is 1. The van der Waals surface area contributed by atoms with E-state index in [4.69, 9.17) is 0 Å². The number of nitrogens with one attached hydrogen (secondary N) is 2. The number of pyridine rings is 1. The van der Waals surface area contributed by atoms with Crippen molar-refractivity contribution in [2.24, 2.45) is 10.9 Å². The molecule has 1 aliphatic heterocycles. The van der Waals surface area contributed by atoms with Crippen molar-refractivity contribution in [1.82, 2.24) is 14.8 Å². The molecule has 0 radical (unpaired) electrons. The van der Waals surface area contributed by atoms with Gasteiger partial charge in [-0.25, -0.2) is 4.79 Å². The first-order valence-corrected chi connectivity index (χ1v) is 11.0. The molecule has 33 heavy (non-hydrogen) atoms. The van der Waals surface area contributed by atoms with Gasteiger partial charge < -0.3 is 20.4 Å². The highest BCUT2D eigenvalue weighted by Gasteiger charge is 2.33. The normalized spacial score (nSPS) is 16.5. The molecule has 2 aromatic carbocycles. The maximum atomic E-state index is 12.9. The van der Waals surface area contributed by atoms with Crippen LogP contribution in [0.15, 0.2) is 71.9 Å². The van der Waals surface area contributed by atoms with Crippen LogP contribution in [-0.2, 0) is 0 Å². The molecule has 0 unspecified atom stereocenters. The second-order valence-electron chi connectivity index (χ2n) is 8.28. The van der Waals surface area contributed by atoms with Crippen molar-refractivity contribution in [2.45, 2.75) is 19.9 Å². The highest BCUT2D eigenvalue weighted by Crippen LogP contribution is 2.24. The van der Waals surface area contributed by atoms with Crippen LogP contribution in [0.4, 0.5) is 16.2 Å². The fourth-order valence-electron chi connectivity index (χ4n) is 4.10. The number of hydrogen-bond acceptors (Lipinski definition) is 4. The van der Waals surface area contributed by atoms with Crippen LogP contribution in [0, 0.1) is 17.4 Å². The lowest BCUT2D eigenvalue weighted by Gasteiger charge is -2.44. The van der Waals surface area contributed by atoms with E-state index in [1.807, 2.05) is 71.8 Å². The predicted octanol–water partition coefficient (Wildman–Crippen LogP) is 4.36. The SMILES string of the molecule is CC(C)[C@@H]1CN(C(=O)Nc2ccccc2)CCN1/C(=N\C#N)Nc1cccc2ncccc12. The number of anilines is 2. The molecule has 4 rings (SSSR count). The van der Waals surface area contributed by atoms with Crippen molar-refractivity contribution in [2.75, 3.05) is 30.3 Å². The molecule has 2 heterocycles. The van der Waals surface area contributed by atoms with Gasteiger partial charge in [-0.15, -0.1) is 4.99 Å². The van der Waals surface area contributed by atoms with Crippen molar-refractivity contribution < 1.29 is 4.79 Å². The van der Waals surface area contributed by atoms with E-state index >= 15 is 0 Å². The minimum Gasteiger partial charge on any atom is -0.335 e. The Kier molecular flexibility index (Phi) is 6.69. The van der Waals surface area contributed by atoms with Crippen LogP contribution in [0.1, 0.15) is 13.8 Å². The van der Waals surface area contributed by atoms with Crippen molar-refractivity contribution in [1.29, 1.82) is 5.26 Å². The number of amides is 2. The van der Waals surface area contributed by atoms with Gasteiger partial charge >= 0.3 is 6.03 Å². The number of urea groups is 1. The van der Waals surface area contributed by atoms with Crippen LogP contribution in [0.25, 0.3) is 10.9 Å². The fourth-order valence-corrected chi connectivity index (χ4v) is 4.10. The van der Waals surface area contributed by atoms with Gasteiger partial charge in [0.05, 0.1) is 17.2 Å². The summed E-state index contributed by atoms with van der Waals surface area (Å²) < 4.78 is 0. The van der Waals surface area contributed by atoms with E-state index in [9.17, 15) is 10.1 Å². The number of nitriles is 1. The Balaban J connectivity index is 1.54. The Morgan fingerprint density at radius 3 is 2.67 bits per heavy atom. The zero-order valence-electron chi connectivity index (χ0n) is 18.8. The van der Waals surface area contributed by atoms with Crippen molar-refractivity contribution >= 4 is 34.3 Å². The predicted molar refractivity (Wildman–Crippen MR) is 131 cm³/mol. The van der Waals surface area contributed by atoms with Crippen LogP contribution in [0.5, 0.6) is 0 Å². The molecule has 2 N–H and O–H groups in total. The summed E-state index contributed by atoms with van der Waals surface area (Å²) in [5, 5.41) is 16.7. The quantitative estimate of drug-likeness (QED) is 0.358. The Morgan fingerprint density at radius 1 is 1.09 bits per heavy atom. The van der Waals surface area contributed by atoms with Gasteiger partial charge in [-0.05, 0) is 42.3 Å². The van der Waals surface area contributed by atoms with Gasteiger partial charge in [-0.2, -0.15) is 5.26 Å². The Bertz CT molecular complexity index is 1180. The smallest absolute Gasteiger partial charge is 0.321 e. The Labute approximate surface area is 193 Å². The largest absolute Gasteiger partial charge is 0.335 e. The topological polar surface area (TPSA) is 96.7 Å². The number of hydrogen-bond donors (Lipinski definition) is 2. The molecule has 2 amide bonds. The zero-order chi connectivity index (χ0) is 23.2. The number of guanidine groups is 1. The highest BCUT2D eigenvalue weighted by atomic mass is 16.2. The van der Waals surface area contributed by atoms with Crippen molar-refractivity contribution in [3.63, 3.8) is 0 Å². The minimum atomic E-state index is -0.127. The first-order chi connectivity index (χ1) is 16.1. The lowest BCUT2D eigenvalue weighted by Crippen LogP contribution is -2.60. The summed E-state index contributed by atoms with van der Waals surface area (Å²) in [5.74, 6) is 0.716. The third-order valence-electron chi connectivity index (χ3n) is 5.82. The van der Waals surface area contributed by atoms with E-state index in [0.717, 1.165) is 22.3 Å². The molecule has 8 heteroatoms. The van der Waals surface area contributed by atoms with Gasteiger partial charge in [-0.1, -0.05) is 38.1 Å². The van der Waals surface area contributed by atoms with Gasteiger partial charge in [-0.3, -0.25) is 4.98 Å². The molecule has 0 bridgehead atoms. The number of carbonyl (C=O) groups is 1. The van der Waals surface area contributed by atoms with E-state index < -0.39 is 0 Å². The van der Waals surface area contributed by atoms with E-state index in [1.54, 1.807) is 6.20 Å². The van der Waals surface area contributed by atoms with E-state index in [2.05, 4.69) is 39.4 Å². The average Bonchev–Trinajstić information content (AvgIpc) is 2.84. The number of aromatic nitrogens is 1. The molecule has 3 aromatic rings. The summed E-state index contributed by atoms with van der Waals surface area (Å²) in [4.78, 5) is 25.3. The van der Waals surface area contributed by atoms with Crippen molar-refractivity contribution in [3.8, 4) is 6.19 Å². The molecule has 168 valence electrons. The Morgan fingerprint density at radius 2 is 1.91 bits per heavy atom. The molecular weight excluding hydrogens is 414 g/mol. The van der Waals surface area contributed by atoms with Crippen LogP contribution in [-0.4, -0.2) is 52.5 Å². The Hall–Kier alpha value is -4.12. The van der Waals surface area contributed by atoms with Gasteiger partial charge in [0, 0.05) is 36.9 Å². The molecule has 1 aliphatic rings. The summed E-state index contributed by atoms with van der Waals surface area (Å²) >= 11 is 0. The number of nitrogens with zero attached hydrogens (tertiary/aromatic N) is 5. The number of rotatable bonds is 3. The third kappa shape index (κ3) is 5.04. The standard InChI is InChI=1S/C25H27N7O/c1-18(2)23-16-31(25(33)29-19-8-4-3-5-9-19)14-15-32(23)24(28-17-26)30-22-12-6-11-21-20(22)10-7-13-27-21/h3-13,18,23H,14-16H2,1-2H3,(H,28,30)(H,29,33)/t23-/m0/s1. The van der Waals surface area contributed by atoms with Crippen LogP contribution in [0.3, 0.4) is 0 Å². The monoisotopic (exact) mass is 441 g/mol. The van der Waals surface area contributed by atoms with Gasteiger partial charge in [0.15, 0.2) is 0 Å². The lowest BCUT2D eigenvalue weighted by atomic mass is 10.00. The summed E-state index contributed by atoms with van der Waals surface area (Å²) in [6.45, 7) is 5.83. The van der Waals surface area contributed by atoms with Crippen LogP contribution >= 0.6 is 0 Å². The molecule has 0 spiro atoms. The maximum Gasteiger partial charge on any atom is 0.321 e. The average molecular weight is 442 g/mol. The summed E-state index contributed by atoms with van der Waals surface area (Å²) in [5.41, 5.74) is 2.46. The maximum absolute atomic E-state index is 12.9. The number of para-hydroxylation sites is 1. The number of fused-ring (bicyclic) bond motifs is 1. The molecule has 0 saturated carbocycles. The van der Waals surface area contributed by atoms with Crippen LogP contribution in [0.2, 0.25) is 0 Å². The second kappa shape index (κ2) is 10.0. The first kappa shape index (κ1) is 22.1. The van der Waals surface area contributed by atoms with Gasteiger partial charge in [0.1, 0.15) is 0 Å². The summed E-state index contributed by atoms with van der Waals surface area (Å²) in [6.07, 6.45) is 3.69. The second-order valence-corrected chi connectivity index (χ2v) is 8.28. The van der Waals surface area contributed by atoms with E-state index in [0.29, 0.717) is 25.6 Å². The molecule has 8 nitrogen and oxygen atoms in total. The molecule has 0 aliphatic carbocycles. The molecule has 1 aromatic heterocycles. The minimum absolute atomic E-state index is 0.00650. The van der Waals surface area contributed by atoms with Gasteiger partial charge in [0.25, 0.3) is 0 Å². The summed E-state index contributed by atoms with van der Waals surface area (Å²) in [7, 11) is 0. The van der Waals surface area contributed by atoms with Crippen molar-refractivity contribution in [3.05, 3.63) is 66.9 Å².